The van der Waals surface area contributed by atoms with Crippen molar-refractivity contribution in [1.29, 1.82) is 0 Å². The van der Waals surface area contributed by atoms with Crippen LogP contribution in [0.4, 0.5) is 0 Å². The summed E-state index contributed by atoms with van der Waals surface area (Å²) in [7, 11) is 0. The highest BCUT2D eigenvalue weighted by molar-refractivity contribution is 5.99. The number of phenolic OH excluding ortho intramolecular Hbond substituents is 2. The normalized spacial score (nSPS) is 11.5. The standard InChI is InChI=1S/C7H8N2O3/c8-7(9-12)5-2-1-4(10)3-6(5)11/h1-3,10-12H,(H2,8,9). The van der Waals surface area contributed by atoms with Gasteiger partial charge in [0.15, 0.2) is 5.84 Å². The number of amidine groups is 1. The summed E-state index contributed by atoms with van der Waals surface area (Å²) in [6.07, 6.45) is 0. The molecule has 0 radical (unpaired) electrons. The molecule has 1 rings (SSSR count). The zero-order valence-electron chi connectivity index (χ0n) is 6.10. The summed E-state index contributed by atoms with van der Waals surface area (Å²) in [5, 5.41) is 29.0. The lowest BCUT2D eigenvalue weighted by atomic mass is 10.2. The van der Waals surface area contributed by atoms with Crippen molar-refractivity contribution in [1.82, 2.24) is 0 Å². The third kappa shape index (κ3) is 1.39. The molecular formula is C7H8N2O3. The molecule has 0 saturated carbocycles. The lowest BCUT2D eigenvalue weighted by molar-refractivity contribution is 0.318. The number of phenols is 2. The maximum absolute atomic E-state index is 9.16. The van der Waals surface area contributed by atoms with Gasteiger partial charge in [-0.15, -0.1) is 0 Å². The van der Waals surface area contributed by atoms with Crippen molar-refractivity contribution in [2.45, 2.75) is 0 Å². The largest absolute Gasteiger partial charge is 0.508 e. The van der Waals surface area contributed by atoms with Crippen LogP contribution in [-0.2, 0) is 0 Å². The van der Waals surface area contributed by atoms with E-state index in [4.69, 9.17) is 21.2 Å². The lowest BCUT2D eigenvalue weighted by Gasteiger charge is -2.01. The Balaban J connectivity index is 3.18. The maximum atomic E-state index is 9.16. The van der Waals surface area contributed by atoms with Gasteiger partial charge in [-0.1, -0.05) is 5.16 Å². The van der Waals surface area contributed by atoms with Crippen molar-refractivity contribution >= 4 is 5.84 Å². The van der Waals surface area contributed by atoms with Crippen LogP contribution in [0.25, 0.3) is 0 Å². The summed E-state index contributed by atoms with van der Waals surface area (Å²) in [4.78, 5) is 0. The molecule has 0 atom stereocenters. The fourth-order valence-electron chi connectivity index (χ4n) is 0.790. The first-order valence-electron chi connectivity index (χ1n) is 3.15. The average molecular weight is 168 g/mol. The smallest absolute Gasteiger partial charge is 0.173 e. The molecule has 5 heteroatoms. The minimum Gasteiger partial charge on any atom is -0.508 e. The Bertz CT molecular complexity index is 322. The first-order valence-corrected chi connectivity index (χ1v) is 3.15. The molecule has 5 nitrogen and oxygen atoms in total. The van der Waals surface area contributed by atoms with Gasteiger partial charge in [-0.25, -0.2) is 0 Å². The van der Waals surface area contributed by atoms with Crippen molar-refractivity contribution in [3.8, 4) is 11.5 Å². The molecule has 0 saturated heterocycles. The van der Waals surface area contributed by atoms with Gasteiger partial charge < -0.3 is 21.2 Å². The Hall–Kier alpha value is -1.91. The molecular weight excluding hydrogens is 160 g/mol. The Morgan fingerprint density at radius 1 is 1.33 bits per heavy atom. The van der Waals surface area contributed by atoms with Crippen molar-refractivity contribution in [2.75, 3.05) is 0 Å². The molecule has 0 aromatic heterocycles. The van der Waals surface area contributed by atoms with Gasteiger partial charge in [0.25, 0.3) is 0 Å². The van der Waals surface area contributed by atoms with Crippen LogP contribution < -0.4 is 5.73 Å². The molecule has 1 aromatic rings. The van der Waals surface area contributed by atoms with Crippen LogP contribution >= 0.6 is 0 Å². The Morgan fingerprint density at radius 3 is 2.50 bits per heavy atom. The van der Waals surface area contributed by atoms with Gasteiger partial charge in [0.1, 0.15) is 11.5 Å². The Labute approximate surface area is 68.4 Å². The van der Waals surface area contributed by atoms with Crippen molar-refractivity contribution in [2.24, 2.45) is 10.9 Å². The minimum atomic E-state index is -0.231. The predicted molar refractivity (Wildman–Crippen MR) is 42.3 cm³/mol. The predicted octanol–water partition coefficient (Wildman–Crippen LogP) is 0.192. The highest BCUT2D eigenvalue weighted by Crippen LogP contribution is 2.21. The molecule has 0 spiro atoms. The lowest BCUT2D eigenvalue weighted by Crippen LogP contribution is -2.12. The summed E-state index contributed by atoms with van der Waals surface area (Å²) in [5.41, 5.74) is 5.38. The molecule has 0 fully saturated rings. The molecule has 0 heterocycles. The van der Waals surface area contributed by atoms with E-state index in [1.54, 1.807) is 0 Å². The summed E-state index contributed by atoms with van der Waals surface area (Å²) >= 11 is 0. The van der Waals surface area contributed by atoms with E-state index < -0.39 is 0 Å². The van der Waals surface area contributed by atoms with Crippen LogP contribution in [0.15, 0.2) is 23.4 Å². The number of oxime groups is 1. The third-order valence-electron chi connectivity index (χ3n) is 1.37. The highest BCUT2D eigenvalue weighted by atomic mass is 16.4. The van der Waals surface area contributed by atoms with Crippen molar-refractivity contribution < 1.29 is 15.4 Å². The number of benzene rings is 1. The first kappa shape index (κ1) is 8.19. The van der Waals surface area contributed by atoms with E-state index in [1.165, 1.54) is 12.1 Å². The number of hydrogen-bond acceptors (Lipinski definition) is 4. The Kier molecular flexibility index (Phi) is 2.05. The number of hydrogen-bond donors (Lipinski definition) is 4. The van der Waals surface area contributed by atoms with Gasteiger partial charge in [0.05, 0.1) is 5.56 Å². The minimum absolute atomic E-state index is 0.0815. The molecule has 12 heavy (non-hydrogen) atoms. The van der Waals surface area contributed by atoms with E-state index in [0.29, 0.717) is 0 Å². The monoisotopic (exact) mass is 168 g/mol. The average Bonchev–Trinajstić information content (AvgIpc) is 2.03. The van der Waals surface area contributed by atoms with Crippen LogP contribution in [0, 0.1) is 0 Å². The second-order valence-corrected chi connectivity index (χ2v) is 2.19. The van der Waals surface area contributed by atoms with Gasteiger partial charge in [-0.2, -0.15) is 0 Å². The molecule has 5 N–H and O–H groups in total. The van der Waals surface area contributed by atoms with Crippen molar-refractivity contribution in [3.05, 3.63) is 23.8 Å². The molecule has 0 aliphatic carbocycles. The quantitative estimate of drug-likeness (QED) is 0.208. The number of aromatic hydroxyl groups is 2. The van der Waals surface area contributed by atoms with Gasteiger partial charge in [-0.05, 0) is 12.1 Å². The van der Waals surface area contributed by atoms with Crippen LogP contribution in [0.1, 0.15) is 5.56 Å². The second kappa shape index (κ2) is 3.00. The maximum Gasteiger partial charge on any atom is 0.173 e. The summed E-state index contributed by atoms with van der Waals surface area (Å²) < 4.78 is 0. The molecule has 0 bridgehead atoms. The summed E-state index contributed by atoms with van der Waals surface area (Å²) in [5.74, 6) is -0.514. The van der Waals surface area contributed by atoms with E-state index in [2.05, 4.69) is 5.16 Å². The van der Waals surface area contributed by atoms with E-state index >= 15 is 0 Å². The molecule has 0 unspecified atom stereocenters. The Morgan fingerprint density at radius 2 is 2.00 bits per heavy atom. The van der Waals surface area contributed by atoms with E-state index in [-0.39, 0.29) is 22.9 Å². The zero-order chi connectivity index (χ0) is 9.14. The van der Waals surface area contributed by atoms with Crippen LogP contribution in [-0.4, -0.2) is 21.3 Å². The summed E-state index contributed by atoms with van der Waals surface area (Å²) in [6.45, 7) is 0. The molecule has 0 aliphatic rings. The molecule has 64 valence electrons. The van der Waals surface area contributed by atoms with E-state index in [9.17, 15) is 0 Å². The molecule has 1 aromatic carbocycles. The zero-order valence-corrected chi connectivity index (χ0v) is 6.10. The molecule has 0 aliphatic heterocycles. The van der Waals surface area contributed by atoms with Crippen LogP contribution in [0.2, 0.25) is 0 Å². The van der Waals surface area contributed by atoms with E-state index in [0.717, 1.165) is 6.07 Å². The highest BCUT2D eigenvalue weighted by Gasteiger charge is 2.05. The SMILES string of the molecule is NC(=NO)c1ccc(O)cc1O. The van der Waals surface area contributed by atoms with Crippen LogP contribution in [0.5, 0.6) is 11.5 Å². The van der Waals surface area contributed by atoms with Gasteiger partial charge in [-0.3, -0.25) is 0 Å². The van der Waals surface area contributed by atoms with Gasteiger partial charge in [0.2, 0.25) is 0 Å². The number of rotatable bonds is 1. The van der Waals surface area contributed by atoms with Gasteiger partial charge >= 0.3 is 0 Å². The fourth-order valence-corrected chi connectivity index (χ4v) is 0.790. The summed E-state index contributed by atoms with van der Waals surface area (Å²) in [6, 6.07) is 3.78. The first-order chi connectivity index (χ1) is 5.65. The molecule has 0 amide bonds. The fraction of sp³-hybridized carbons (Fsp3) is 0. The topological polar surface area (TPSA) is 99.1 Å². The van der Waals surface area contributed by atoms with Gasteiger partial charge in [0, 0.05) is 6.07 Å². The number of nitrogens with zero attached hydrogens (tertiary/aromatic N) is 1. The van der Waals surface area contributed by atoms with E-state index in [1.807, 2.05) is 0 Å². The van der Waals surface area contributed by atoms with Crippen molar-refractivity contribution in [3.63, 3.8) is 0 Å². The second-order valence-electron chi connectivity index (χ2n) is 2.19. The third-order valence-corrected chi connectivity index (χ3v) is 1.37. The number of nitrogens with two attached hydrogens (primary N) is 1. The van der Waals surface area contributed by atoms with Crippen LogP contribution in [0.3, 0.4) is 0 Å².